The number of carbonyl (C=O) groups excluding carboxylic acids is 1. The molecule has 2 aromatic rings. The number of aryl methyl sites for hydroxylation is 1. The summed E-state index contributed by atoms with van der Waals surface area (Å²) >= 11 is 3.50. The van der Waals surface area contributed by atoms with Crippen molar-refractivity contribution in [2.75, 3.05) is 11.5 Å². The second kappa shape index (κ2) is 9.24. The van der Waals surface area contributed by atoms with Crippen molar-refractivity contribution in [3.8, 4) is 5.75 Å². The molecule has 6 heteroatoms. The molecular formula is C22H24BrNO4. The Morgan fingerprint density at radius 3 is 2.71 bits per heavy atom. The number of ether oxygens (including phenoxy) is 1. The quantitative estimate of drug-likeness (QED) is 0.529. The normalized spacial score (nSPS) is 12.9. The lowest BCUT2D eigenvalue weighted by Gasteiger charge is -2.17. The fourth-order valence-electron chi connectivity index (χ4n) is 3.36. The van der Waals surface area contributed by atoms with Gasteiger partial charge in [0.25, 0.3) is 5.91 Å². The highest BCUT2D eigenvalue weighted by Crippen LogP contribution is 2.35. The highest BCUT2D eigenvalue weighted by Gasteiger charge is 2.31. The molecule has 0 unspecified atom stereocenters. The first-order chi connectivity index (χ1) is 13.5. The lowest BCUT2D eigenvalue weighted by atomic mass is 10.1. The maximum atomic E-state index is 12.9. The van der Waals surface area contributed by atoms with Crippen LogP contribution in [0.15, 0.2) is 40.9 Å². The van der Waals surface area contributed by atoms with Gasteiger partial charge in [0.1, 0.15) is 5.75 Å². The van der Waals surface area contributed by atoms with Crippen molar-refractivity contribution in [2.45, 2.75) is 45.6 Å². The van der Waals surface area contributed by atoms with Crippen LogP contribution in [0.2, 0.25) is 0 Å². The van der Waals surface area contributed by atoms with Crippen LogP contribution in [-0.4, -0.2) is 23.6 Å². The van der Waals surface area contributed by atoms with Crippen molar-refractivity contribution >= 4 is 33.5 Å². The molecule has 1 amide bonds. The number of aliphatic carboxylic acids is 1. The third-order valence-corrected chi connectivity index (χ3v) is 5.81. The molecule has 0 bridgehead atoms. The van der Waals surface area contributed by atoms with Crippen LogP contribution < -0.4 is 9.64 Å². The molecule has 0 fully saturated rings. The summed E-state index contributed by atoms with van der Waals surface area (Å²) < 4.78 is 6.97. The van der Waals surface area contributed by atoms with E-state index in [0.29, 0.717) is 25.1 Å². The van der Waals surface area contributed by atoms with E-state index in [-0.39, 0.29) is 12.3 Å². The maximum absolute atomic E-state index is 12.9. The van der Waals surface area contributed by atoms with Gasteiger partial charge in [0.2, 0.25) is 0 Å². The monoisotopic (exact) mass is 445 g/mol. The average Bonchev–Trinajstić information content (AvgIpc) is 3.00. The van der Waals surface area contributed by atoms with Gasteiger partial charge in [-0.15, -0.1) is 0 Å². The van der Waals surface area contributed by atoms with Crippen LogP contribution in [-0.2, 0) is 11.3 Å². The minimum Gasteiger partial charge on any atom is -0.493 e. The summed E-state index contributed by atoms with van der Waals surface area (Å²) in [6.07, 6.45) is 3.61. The molecule has 5 nitrogen and oxygen atoms in total. The number of anilines is 1. The number of hydrogen-bond donors (Lipinski definition) is 1. The summed E-state index contributed by atoms with van der Waals surface area (Å²) in [5.74, 6) is 0.00912. The zero-order chi connectivity index (χ0) is 20.1. The van der Waals surface area contributed by atoms with Crippen molar-refractivity contribution in [3.05, 3.63) is 57.6 Å². The number of nitrogens with zero attached hydrogens (tertiary/aromatic N) is 1. The Kier molecular flexibility index (Phi) is 6.73. The molecule has 0 aliphatic carbocycles. The first kappa shape index (κ1) is 20.4. The first-order valence-electron chi connectivity index (χ1n) is 9.52. The Balaban J connectivity index is 1.60. The number of benzene rings is 2. The van der Waals surface area contributed by atoms with E-state index in [0.717, 1.165) is 46.3 Å². The predicted octanol–water partition coefficient (Wildman–Crippen LogP) is 5.33. The average molecular weight is 446 g/mol. The lowest BCUT2D eigenvalue weighted by Crippen LogP contribution is -2.23. The molecule has 148 valence electrons. The van der Waals surface area contributed by atoms with Crippen LogP contribution in [0.1, 0.15) is 53.6 Å². The van der Waals surface area contributed by atoms with E-state index in [4.69, 9.17) is 9.84 Å². The molecule has 1 aliphatic rings. The minimum atomic E-state index is -0.744. The standard InChI is InChI=1S/C22H24BrNO4/c1-15-13-16(10-11-19(15)23)24-14-18-17(22(24)27)7-6-8-20(18)28-12-5-3-2-4-9-21(25)26/h6-8,10-11,13H,2-5,9,12,14H2,1H3,(H,25,26). The van der Waals surface area contributed by atoms with Crippen molar-refractivity contribution in [3.63, 3.8) is 0 Å². The van der Waals surface area contributed by atoms with Crippen LogP contribution in [0, 0.1) is 6.92 Å². The van der Waals surface area contributed by atoms with Gasteiger partial charge in [-0.25, -0.2) is 0 Å². The van der Waals surface area contributed by atoms with Gasteiger partial charge in [-0.05, 0) is 55.7 Å². The largest absolute Gasteiger partial charge is 0.493 e. The van der Waals surface area contributed by atoms with Crippen molar-refractivity contribution in [2.24, 2.45) is 0 Å². The number of halogens is 1. The SMILES string of the molecule is Cc1cc(N2Cc3c(OCCCCCCC(=O)O)cccc3C2=O)ccc1Br. The number of amides is 1. The third-order valence-electron chi connectivity index (χ3n) is 4.92. The Morgan fingerprint density at radius 2 is 1.96 bits per heavy atom. The topological polar surface area (TPSA) is 66.8 Å². The molecule has 0 atom stereocenters. The Hall–Kier alpha value is -2.34. The van der Waals surface area contributed by atoms with Crippen LogP contribution in [0.4, 0.5) is 5.69 Å². The Bertz CT molecular complexity index is 881. The number of hydrogen-bond acceptors (Lipinski definition) is 3. The third kappa shape index (κ3) is 4.73. The Morgan fingerprint density at radius 1 is 1.18 bits per heavy atom. The Labute approximate surface area is 173 Å². The van der Waals surface area contributed by atoms with Crippen LogP contribution in [0.25, 0.3) is 0 Å². The molecule has 0 radical (unpaired) electrons. The van der Waals surface area contributed by atoms with E-state index < -0.39 is 5.97 Å². The lowest BCUT2D eigenvalue weighted by molar-refractivity contribution is -0.137. The molecule has 0 saturated heterocycles. The summed E-state index contributed by atoms with van der Waals surface area (Å²) in [6, 6.07) is 11.5. The first-order valence-corrected chi connectivity index (χ1v) is 10.3. The van der Waals surface area contributed by atoms with E-state index in [1.807, 2.05) is 43.3 Å². The smallest absolute Gasteiger partial charge is 0.303 e. The van der Waals surface area contributed by atoms with Gasteiger partial charge in [-0.3, -0.25) is 9.59 Å². The second-order valence-electron chi connectivity index (χ2n) is 7.01. The summed E-state index contributed by atoms with van der Waals surface area (Å²) in [5.41, 5.74) is 3.59. The van der Waals surface area contributed by atoms with E-state index in [1.54, 1.807) is 4.90 Å². The number of carboxylic acids is 1. The van der Waals surface area contributed by atoms with Crippen molar-refractivity contribution in [1.82, 2.24) is 0 Å². The van der Waals surface area contributed by atoms with E-state index in [2.05, 4.69) is 15.9 Å². The predicted molar refractivity (Wildman–Crippen MR) is 112 cm³/mol. The van der Waals surface area contributed by atoms with Gasteiger partial charge in [-0.1, -0.05) is 34.8 Å². The number of rotatable bonds is 9. The molecule has 0 spiro atoms. The van der Waals surface area contributed by atoms with Gasteiger partial charge >= 0.3 is 5.97 Å². The highest BCUT2D eigenvalue weighted by molar-refractivity contribution is 9.10. The molecular weight excluding hydrogens is 422 g/mol. The summed E-state index contributed by atoms with van der Waals surface area (Å²) in [6.45, 7) is 3.07. The van der Waals surface area contributed by atoms with Crippen molar-refractivity contribution < 1.29 is 19.4 Å². The van der Waals surface area contributed by atoms with Gasteiger partial charge < -0.3 is 14.7 Å². The number of fused-ring (bicyclic) bond motifs is 1. The summed E-state index contributed by atoms with van der Waals surface area (Å²) in [7, 11) is 0. The number of carbonyl (C=O) groups is 2. The van der Waals surface area contributed by atoms with E-state index >= 15 is 0 Å². The van der Waals surface area contributed by atoms with Crippen LogP contribution in [0.3, 0.4) is 0 Å². The molecule has 1 N–H and O–H groups in total. The molecule has 1 heterocycles. The molecule has 0 saturated carbocycles. The fourth-order valence-corrected chi connectivity index (χ4v) is 3.61. The zero-order valence-corrected chi connectivity index (χ0v) is 17.5. The molecule has 0 aromatic heterocycles. The number of unbranched alkanes of at least 4 members (excludes halogenated alkanes) is 3. The maximum Gasteiger partial charge on any atom is 0.303 e. The van der Waals surface area contributed by atoms with Crippen molar-refractivity contribution in [1.29, 1.82) is 0 Å². The van der Waals surface area contributed by atoms with Crippen LogP contribution >= 0.6 is 15.9 Å². The van der Waals surface area contributed by atoms with E-state index in [1.165, 1.54) is 0 Å². The fraction of sp³-hybridized carbons (Fsp3) is 0.364. The molecule has 2 aromatic carbocycles. The summed E-state index contributed by atoms with van der Waals surface area (Å²) in [4.78, 5) is 25.2. The molecule has 1 aliphatic heterocycles. The summed E-state index contributed by atoms with van der Waals surface area (Å²) in [5, 5.41) is 8.65. The second-order valence-corrected chi connectivity index (χ2v) is 7.87. The van der Waals surface area contributed by atoms with Gasteiger partial charge in [0.15, 0.2) is 0 Å². The van der Waals surface area contributed by atoms with E-state index in [9.17, 15) is 9.59 Å². The molecule has 3 rings (SSSR count). The highest BCUT2D eigenvalue weighted by atomic mass is 79.9. The molecule has 28 heavy (non-hydrogen) atoms. The van der Waals surface area contributed by atoms with Gasteiger partial charge in [0.05, 0.1) is 13.2 Å². The van der Waals surface area contributed by atoms with Crippen LogP contribution in [0.5, 0.6) is 5.75 Å². The minimum absolute atomic E-state index is 0.00385. The number of carboxylic acid groups (broad SMARTS) is 1. The van der Waals surface area contributed by atoms with Gasteiger partial charge in [0, 0.05) is 27.7 Å². The zero-order valence-electron chi connectivity index (χ0n) is 15.9. The van der Waals surface area contributed by atoms with Gasteiger partial charge in [-0.2, -0.15) is 0 Å².